The minimum absolute atomic E-state index is 0.00747. The Balaban J connectivity index is 1.34. The summed E-state index contributed by atoms with van der Waals surface area (Å²) in [5, 5.41) is 2.53. The maximum Gasteiger partial charge on any atom is 0.254 e. The van der Waals surface area contributed by atoms with Crippen LogP contribution < -0.4 is 45.1 Å². The Morgan fingerprint density at radius 3 is 1.93 bits per heavy atom. The van der Waals surface area contributed by atoms with E-state index in [-0.39, 0.29) is 31.1 Å². The van der Waals surface area contributed by atoms with Crippen molar-refractivity contribution in [2.45, 2.75) is 80.1 Å². The molecule has 0 atom stereocenters. The van der Waals surface area contributed by atoms with Crippen LogP contribution in [0.1, 0.15) is 74.9 Å². The first-order valence-corrected chi connectivity index (χ1v) is 19.8. The van der Waals surface area contributed by atoms with Gasteiger partial charge in [0.25, 0.3) is 6.71 Å². The third kappa shape index (κ3) is 4.65. The van der Waals surface area contributed by atoms with E-state index in [0.29, 0.717) is 0 Å². The Bertz CT molecular complexity index is 2590. The minimum atomic E-state index is -0.0451. The number of nitrogens with zero attached hydrogens (tertiary/aromatic N) is 2. The van der Waals surface area contributed by atoms with Crippen molar-refractivity contribution in [2.75, 3.05) is 23.4 Å². The first-order chi connectivity index (χ1) is 25.7. The third-order valence-corrected chi connectivity index (χ3v) is 13.0. The van der Waals surface area contributed by atoms with Crippen LogP contribution >= 0.6 is 11.3 Å². The highest BCUT2D eigenvalue weighted by atomic mass is 32.1. The van der Waals surface area contributed by atoms with E-state index in [2.05, 4.69) is 146 Å². The van der Waals surface area contributed by atoms with Gasteiger partial charge >= 0.3 is 0 Å². The second-order valence-corrected chi connectivity index (χ2v) is 18.5. The monoisotopic (exact) mass is 732 g/mol. The number of ether oxygens (including phenoxy) is 4. The van der Waals surface area contributed by atoms with Crippen molar-refractivity contribution < 1.29 is 18.9 Å². The molecule has 0 saturated carbocycles. The van der Waals surface area contributed by atoms with Gasteiger partial charge in [0.15, 0.2) is 23.0 Å². The molecule has 0 radical (unpaired) electrons. The molecular weight excluding hydrogens is 687 g/mol. The molecule has 272 valence electrons. The van der Waals surface area contributed by atoms with E-state index in [9.17, 15) is 0 Å². The smallest absolute Gasteiger partial charge is 0.254 e. The molecule has 6 nitrogen and oxygen atoms in total. The number of benzene rings is 5. The number of fused-ring (bicyclic) bond motifs is 8. The molecule has 1 aromatic heterocycles. The molecule has 0 N–H and O–H groups in total. The summed E-state index contributed by atoms with van der Waals surface area (Å²) in [5.41, 5.74) is 17.0. The Labute approximate surface area is 322 Å². The third-order valence-electron chi connectivity index (χ3n) is 11.8. The van der Waals surface area contributed by atoms with Gasteiger partial charge in [-0.25, -0.2) is 0 Å². The second kappa shape index (κ2) is 11.2. The highest BCUT2D eigenvalue weighted by molar-refractivity contribution is 7.26. The average molecular weight is 733 g/mol. The predicted molar refractivity (Wildman–Crippen MR) is 224 cm³/mol. The van der Waals surface area contributed by atoms with Crippen molar-refractivity contribution in [3.05, 3.63) is 100 Å². The highest BCUT2D eigenvalue weighted by Crippen LogP contribution is 2.53. The quantitative estimate of drug-likeness (QED) is 0.165. The van der Waals surface area contributed by atoms with Gasteiger partial charge in [0.05, 0.1) is 16.4 Å². The molecule has 5 heterocycles. The van der Waals surface area contributed by atoms with Gasteiger partial charge in [0.2, 0.25) is 13.6 Å². The number of hydrogen-bond acceptors (Lipinski definition) is 7. The van der Waals surface area contributed by atoms with Crippen LogP contribution in [0.4, 0.5) is 33.4 Å². The van der Waals surface area contributed by atoms with Crippen molar-refractivity contribution in [1.82, 2.24) is 0 Å². The first kappa shape index (κ1) is 33.5. The lowest BCUT2D eigenvalue weighted by molar-refractivity contribution is 0.173. The van der Waals surface area contributed by atoms with Gasteiger partial charge in [-0.3, -0.25) is 0 Å². The maximum atomic E-state index is 6.15. The van der Waals surface area contributed by atoms with Crippen LogP contribution in [0.3, 0.4) is 0 Å². The van der Waals surface area contributed by atoms with Crippen LogP contribution in [0.15, 0.2) is 66.7 Å². The normalized spacial score (nSPS) is 15.2. The number of anilines is 6. The standard InChI is InChI=1S/C46H45BN2O4S/c1-24-16-29(46(8,9)10)17-25(2)41(24)48-32-12-11-13-33-40(32)47(31-20-35-36(21-34(31)48)51-22-50-35)39-30-19-28(45(5,6)7)14-15-38(30)54-44(39)49(33)42-26(3)18-37-43(27(42)4)53-23-52-37/h11-21H,22-23H2,1-10H3. The van der Waals surface area contributed by atoms with Gasteiger partial charge < -0.3 is 28.7 Å². The van der Waals surface area contributed by atoms with Gasteiger partial charge in [-0.2, -0.15) is 0 Å². The fraction of sp³-hybridized carbons (Fsp3) is 0.304. The molecule has 0 unspecified atom stereocenters. The molecule has 0 amide bonds. The van der Waals surface area contributed by atoms with Gasteiger partial charge in [-0.05, 0) is 118 Å². The summed E-state index contributed by atoms with van der Waals surface area (Å²) >= 11 is 1.88. The van der Waals surface area contributed by atoms with Crippen molar-refractivity contribution in [1.29, 1.82) is 0 Å². The van der Waals surface area contributed by atoms with Crippen LogP contribution in [0.5, 0.6) is 23.0 Å². The molecule has 0 spiro atoms. The lowest BCUT2D eigenvalue weighted by Crippen LogP contribution is -2.61. The molecule has 8 heteroatoms. The zero-order valence-corrected chi connectivity index (χ0v) is 33.6. The molecule has 54 heavy (non-hydrogen) atoms. The molecule has 4 aliphatic heterocycles. The summed E-state index contributed by atoms with van der Waals surface area (Å²) in [5.74, 6) is 3.22. The Hall–Kier alpha value is -5.08. The number of rotatable bonds is 2. The minimum Gasteiger partial charge on any atom is -0.454 e. The Morgan fingerprint density at radius 2 is 1.22 bits per heavy atom. The summed E-state index contributed by atoms with van der Waals surface area (Å²) < 4.78 is 25.6. The van der Waals surface area contributed by atoms with E-state index in [1.54, 1.807) is 0 Å². The average Bonchev–Trinajstić information content (AvgIpc) is 3.86. The summed E-state index contributed by atoms with van der Waals surface area (Å²) in [6.07, 6.45) is 0. The van der Waals surface area contributed by atoms with Crippen molar-refractivity contribution in [2.24, 2.45) is 0 Å². The Morgan fingerprint density at radius 1 is 0.593 bits per heavy atom. The lowest BCUT2D eigenvalue weighted by atomic mass is 9.33. The molecule has 0 saturated heterocycles. The van der Waals surface area contributed by atoms with E-state index < -0.39 is 0 Å². The molecule has 0 fully saturated rings. The highest BCUT2D eigenvalue weighted by Gasteiger charge is 2.47. The summed E-state index contributed by atoms with van der Waals surface area (Å²) in [6, 6.07) is 25.3. The van der Waals surface area contributed by atoms with Gasteiger partial charge in [0.1, 0.15) is 0 Å². The fourth-order valence-corrected chi connectivity index (χ4v) is 10.5. The first-order valence-electron chi connectivity index (χ1n) is 19.0. The van der Waals surface area contributed by atoms with E-state index in [1.165, 1.54) is 70.8 Å². The van der Waals surface area contributed by atoms with Crippen LogP contribution in [0.2, 0.25) is 0 Å². The van der Waals surface area contributed by atoms with Crippen molar-refractivity contribution in [3.8, 4) is 23.0 Å². The number of hydrogen-bond donors (Lipinski definition) is 0. The molecule has 10 rings (SSSR count). The van der Waals surface area contributed by atoms with Gasteiger partial charge in [-0.15, -0.1) is 11.3 Å². The van der Waals surface area contributed by atoms with Gasteiger partial charge in [-0.1, -0.05) is 71.9 Å². The fourth-order valence-electron chi connectivity index (χ4n) is 9.21. The second-order valence-electron chi connectivity index (χ2n) is 17.5. The zero-order chi connectivity index (χ0) is 37.6. The molecule has 4 aliphatic rings. The Kier molecular flexibility index (Phi) is 6.97. The van der Waals surface area contributed by atoms with E-state index in [0.717, 1.165) is 45.5 Å². The topological polar surface area (TPSA) is 43.4 Å². The summed E-state index contributed by atoms with van der Waals surface area (Å²) in [4.78, 5) is 5.03. The molecule has 5 aromatic carbocycles. The maximum absolute atomic E-state index is 6.15. The van der Waals surface area contributed by atoms with Crippen LogP contribution in [-0.4, -0.2) is 20.3 Å². The molecule has 0 aliphatic carbocycles. The molecular formula is C46H45BN2O4S. The van der Waals surface area contributed by atoms with Crippen molar-refractivity contribution >= 4 is 78.0 Å². The predicted octanol–water partition coefficient (Wildman–Crippen LogP) is 10.3. The van der Waals surface area contributed by atoms with Crippen LogP contribution in [0, 0.1) is 27.7 Å². The largest absolute Gasteiger partial charge is 0.454 e. The van der Waals surface area contributed by atoms with Gasteiger partial charge in [0, 0.05) is 33.4 Å². The van der Waals surface area contributed by atoms with Crippen LogP contribution in [0.25, 0.3) is 10.1 Å². The molecule has 0 bridgehead atoms. The summed E-state index contributed by atoms with van der Waals surface area (Å²) in [6.45, 7) is 23.1. The van der Waals surface area contributed by atoms with E-state index in [4.69, 9.17) is 18.9 Å². The van der Waals surface area contributed by atoms with Crippen LogP contribution in [-0.2, 0) is 10.8 Å². The number of aryl methyl sites for hydroxylation is 3. The van der Waals surface area contributed by atoms with E-state index >= 15 is 0 Å². The van der Waals surface area contributed by atoms with Crippen molar-refractivity contribution in [3.63, 3.8) is 0 Å². The van der Waals surface area contributed by atoms with E-state index in [1.807, 2.05) is 11.3 Å². The summed E-state index contributed by atoms with van der Waals surface area (Å²) in [7, 11) is 0. The SMILES string of the molecule is Cc1cc(C(C)(C)C)cc(C)c1N1c2cc3c(cc2B2c4c1cccc4N(c1c(C)cc4c(c1C)OCO4)c1sc4ccc(C(C)(C)C)cc4c12)OCO3. The zero-order valence-electron chi connectivity index (χ0n) is 32.8. The molecule has 6 aromatic rings. The number of thiophene rings is 1. The lowest BCUT2D eigenvalue weighted by Gasteiger charge is -2.44.